The predicted molar refractivity (Wildman–Crippen MR) is 69.3 cm³/mol. The third-order valence-corrected chi connectivity index (χ3v) is 3.89. The standard InChI is InChI=1S/C10H10BrClN4O2/c1-2-5-10(18)15-6(17)3-16(5)9-7(11)8(12)13-4-14-9/h4-5H,2-3H2,1H3,(H,15,17,18). The highest BCUT2D eigenvalue weighted by molar-refractivity contribution is 9.10. The van der Waals surface area contributed by atoms with E-state index in [4.69, 9.17) is 11.6 Å². The van der Waals surface area contributed by atoms with E-state index in [0.29, 0.717) is 16.7 Å². The SMILES string of the molecule is CCC1C(=O)NC(=O)CN1c1ncnc(Cl)c1Br. The third-order valence-electron chi connectivity index (χ3n) is 2.64. The average Bonchev–Trinajstić information content (AvgIpc) is 2.32. The molecule has 1 aromatic rings. The molecule has 1 saturated heterocycles. The molecule has 1 atom stereocenters. The molecular weight excluding hydrogens is 323 g/mol. The molecule has 1 aliphatic rings. The molecule has 0 radical (unpaired) electrons. The predicted octanol–water partition coefficient (Wildman–Crippen LogP) is 1.13. The molecule has 1 fully saturated rings. The summed E-state index contributed by atoms with van der Waals surface area (Å²) < 4.78 is 0.479. The summed E-state index contributed by atoms with van der Waals surface area (Å²) in [5, 5.41) is 2.55. The van der Waals surface area contributed by atoms with Crippen LogP contribution in [0.2, 0.25) is 5.15 Å². The van der Waals surface area contributed by atoms with Crippen LogP contribution in [0.1, 0.15) is 13.3 Å². The summed E-state index contributed by atoms with van der Waals surface area (Å²) in [5.41, 5.74) is 0. The molecule has 6 nitrogen and oxygen atoms in total. The summed E-state index contributed by atoms with van der Waals surface area (Å²) in [7, 11) is 0. The summed E-state index contributed by atoms with van der Waals surface area (Å²) in [5.74, 6) is -0.230. The maximum Gasteiger partial charge on any atom is 0.249 e. The fraction of sp³-hybridized carbons (Fsp3) is 0.400. The Balaban J connectivity index is 2.43. The second kappa shape index (κ2) is 5.19. The highest BCUT2D eigenvalue weighted by Gasteiger charge is 2.34. The Bertz CT molecular complexity index is 511. The maximum absolute atomic E-state index is 11.8. The number of aromatic nitrogens is 2. The zero-order valence-electron chi connectivity index (χ0n) is 9.48. The van der Waals surface area contributed by atoms with E-state index in [2.05, 4.69) is 31.2 Å². The lowest BCUT2D eigenvalue weighted by Gasteiger charge is -2.34. The summed E-state index contributed by atoms with van der Waals surface area (Å²) in [6, 6.07) is -0.440. The molecule has 0 aromatic carbocycles. The summed E-state index contributed by atoms with van der Waals surface area (Å²) in [6.45, 7) is 1.93. The number of anilines is 1. The van der Waals surface area contributed by atoms with Crippen molar-refractivity contribution in [3.63, 3.8) is 0 Å². The number of hydrogen-bond donors (Lipinski definition) is 1. The van der Waals surface area contributed by atoms with E-state index in [1.165, 1.54) is 6.33 Å². The second-order valence-corrected chi connectivity index (χ2v) is 4.92. The quantitative estimate of drug-likeness (QED) is 0.649. The van der Waals surface area contributed by atoms with E-state index in [0.717, 1.165) is 0 Å². The highest BCUT2D eigenvalue weighted by atomic mass is 79.9. The smallest absolute Gasteiger partial charge is 0.249 e. The van der Waals surface area contributed by atoms with Crippen molar-refractivity contribution >= 4 is 45.2 Å². The Hall–Kier alpha value is -1.21. The van der Waals surface area contributed by atoms with E-state index in [1.54, 1.807) is 4.90 Å². The zero-order valence-corrected chi connectivity index (χ0v) is 11.8. The van der Waals surface area contributed by atoms with Crippen LogP contribution in [-0.2, 0) is 9.59 Å². The first-order chi connectivity index (χ1) is 8.54. The summed E-state index contributed by atoms with van der Waals surface area (Å²) in [6.07, 6.45) is 1.86. The van der Waals surface area contributed by atoms with Gasteiger partial charge < -0.3 is 4.90 Å². The maximum atomic E-state index is 11.8. The van der Waals surface area contributed by atoms with E-state index < -0.39 is 6.04 Å². The van der Waals surface area contributed by atoms with Crippen LogP contribution in [0.3, 0.4) is 0 Å². The lowest BCUT2D eigenvalue weighted by Crippen LogP contribution is -2.58. The molecule has 1 aromatic heterocycles. The zero-order chi connectivity index (χ0) is 13.3. The van der Waals surface area contributed by atoms with Gasteiger partial charge in [-0.05, 0) is 22.4 Å². The number of halogens is 2. The first-order valence-corrected chi connectivity index (χ1v) is 6.48. The van der Waals surface area contributed by atoms with Crippen LogP contribution in [0.25, 0.3) is 0 Å². The number of nitrogens with one attached hydrogen (secondary N) is 1. The van der Waals surface area contributed by atoms with Gasteiger partial charge in [0.1, 0.15) is 23.3 Å². The highest BCUT2D eigenvalue weighted by Crippen LogP contribution is 2.31. The molecule has 1 unspecified atom stereocenters. The van der Waals surface area contributed by atoms with Gasteiger partial charge in [0, 0.05) is 0 Å². The fourth-order valence-corrected chi connectivity index (χ4v) is 2.40. The number of amides is 2. The molecule has 0 spiro atoms. The van der Waals surface area contributed by atoms with Crippen molar-refractivity contribution in [1.29, 1.82) is 0 Å². The first kappa shape index (κ1) is 13.2. The lowest BCUT2D eigenvalue weighted by atomic mass is 10.1. The molecule has 0 aliphatic carbocycles. The van der Waals surface area contributed by atoms with Crippen LogP contribution < -0.4 is 10.2 Å². The minimum Gasteiger partial charge on any atom is -0.334 e. The van der Waals surface area contributed by atoms with Crippen LogP contribution in [0, 0.1) is 0 Å². The molecule has 0 saturated carbocycles. The van der Waals surface area contributed by atoms with Gasteiger partial charge in [-0.3, -0.25) is 14.9 Å². The van der Waals surface area contributed by atoms with E-state index in [1.807, 2.05) is 6.92 Å². The van der Waals surface area contributed by atoms with Gasteiger partial charge >= 0.3 is 0 Å². The fourth-order valence-electron chi connectivity index (χ4n) is 1.84. The normalized spacial score (nSPS) is 19.9. The lowest BCUT2D eigenvalue weighted by molar-refractivity contribution is -0.132. The largest absolute Gasteiger partial charge is 0.334 e. The Kier molecular flexibility index (Phi) is 3.82. The Morgan fingerprint density at radius 3 is 2.94 bits per heavy atom. The first-order valence-electron chi connectivity index (χ1n) is 5.31. The number of rotatable bonds is 2. The Morgan fingerprint density at radius 2 is 2.28 bits per heavy atom. The number of hydrogen-bond acceptors (Lipinski definition) is 5. The topological polar surface area (TPSA) is 75.2 Å². The molecule has 8 heteroatoms. The van der Waals surface area contributed by atoms with Crippen molar-refractivity contribution in [2.75, 3.05) is 11.4 Å². The van der Waals surface area contributed by atoms with Crippen molar-refractivity contribution in [3.8, 4) is 0 Å². The van der Waals surface area contributed by atoms with Gasteiger partial charge in [0.2, 0.25) is 11.8 Å². The number of nitrogens with zero attached hydrogens (tertiary/aromatic N) is 3. The van der Waals surface area contributed by atoms with E-state index in [9.17, 15) is 9.59 Å². The molecule has 2 rings (SSSR count). The van der Waals surface area contributed by atoms with Crippen molar-refractivity contribution in [1.82, 2.24) is 15.3 Å². The van der Waals surface area contributed by atoms with Crippen molar-refractivity contribution in [2.24, 2.45) is 0 Å². The van der Waals surface area contributed by atoms with Crippen molar-refractivity contribution in [3.05, 3.63) is 16.0 Å². The molecular formula is C10H10BrClN4O2. The summed E-state index contributed by atoms with van der Waals surface area (Å²) in [4.78, 5) is 32.7. The molecule has 1 N–H and O–H groups in total. The number of imide groups is 1. The number of carbonyl (C=O) groups excluding carboxylic acids is 2. The van der Waals surface area contributed by atoms with Gasteiger partial charge in [0.25, 0.3) is 0 Å². The van der Waals surface area contributed by atoms with Gasteiger partial charge in [-0.25, -0.2) is 9.97 Å². The number of piperazine rings is 1. The molecule has 2 amide bonds. The van der Waals surface area contributed by atoms with Gasteiger partial charge in [0.05, 0.1) is 11.0 Å². The van der Waals surface area contributed by atoms with Crippen LogP contribution in [0.5, 0.6) is 0 Å². The molecule has 1 aliphatic heterocycles. The van der Waals surface area contributed by atoms with Crippen LogP contribution in [0.15, 0.2) is 10.8 Å². The summed E-state index contributed by atoms with van der Waals surface area (Å²) >= 11 is 9.16. The van der Waals surface area contributed by atoms with Crippen LogP contribution in [0.4, 0.5) is 5.82 Å². The van der Waals surface area contributed by atoms with Gasteiger partial charge in [-0.1, -0.05) is 18.5 Å². The molecule has 96 valence electrons. The van der Waals surface area contributed by atoms with E-state index in [-0.39, 0.29) is 23.5 Å². The second-order valence-electron chi connectivity index (χ2n) is 3.77. The van der Waals surface area contributed by atoms with Crippen LogP contribution >= 0.6 is 27.5 Å². The van der Waals surface area contributed by atoms with Gasteiger partial charge in [0.15, 0.2) is 0 Å². The third kappa shape index (κ3) is 2.32. The molecule has 18 heavy (non-hydrogen) atoms. The molecule has 0 bridgehead atoms. The van der Waals surface area contributed by atoms with E-state index >= 15 is 0 Å². The van der Waals surface area contributed by atoms with Crippen molar-refractivity contribution in [2.45, 2.75) is 19.4 Å². The minimum atomic E-state index is -0.440. The minimum absolute atomic E-state index is 0.0657. The van der Waals surface area contributed by atoms with Crippen molar-refractivity contribution < 1.29 is 9.59 Å². The van der Waals surface area contributed by atoms with Gasteiger partial charge in [-0.2, -0.15) is 0 Å². The number of carbonyl (C=O) groups is 2. The average molecular weight is 334 g/mol. The Labute approximate surface area is 117 Å². The molecule has 2 heterocycles. The van der Waals surface area contributed by atoms with Gasteiger partial charge in [-0.15, -0.1) is 0 Å². The Morgan fingerprint density at radius 1 is 1.56 bits per heavy atom. The monoisotopic (exact) mass is 332 g/mol. The van der Waals surface area contributed by atoms with Crippen LogP contribution in [-0.4, -0.2) is 34.4 Å².